The summed E-state index contributed by atoms with van der Waals surface area (Å²) in [6.45, 7) is 0. The third-order valence-corrected chi connectivity index (χ3v) is 0. The van der Waals surface area contributed by atoms with E-state index in [0.717, 1.165) is 0 Å². The second-order valence-corrected chi connectivity index (χ2v) is 0. The second kappa shape index (κ2) is 57.9. The van der Waals surface area contributed by atoms with Crippen molar-refractivity contribution in [2.75, 3.05) is 0 Å². The maximum Gasteiger partial charge on any atom is 3.00 e. The van der Waals surface area contributed by atoms with E-state index in [1.54, 1.807) is 0 Å². The summed E-state index contributed by atoms with van der Waals surface area (Å²) < 4.78 is 0. The fourth-order valence-corrected chi connectivity index (χ4v) is 0. The first-order valence-corrected chi connectivity index (χ1v) is 0. The molecular formula is In4O3. The van der Waals surface area contributed by atoms with E-state index in [2.05, 4.69) is 0 Å². The van der Waals surface area contributed by atoms with Gasteiger partial charge in [-0.2, -0.15) is 0 Å². The first-order chi connectivity index (χ1) is 0. The average Bonchev–Trinajstić information content (AvgIpc) is 0. The van der Waals surface area contributed by atoms with Crippen LogP contribution in [-0.4, -0.2) is 103 Å². The van der Waals surface area contributed by atoms with Crippen LogP contribution in [0.15, 0.2) is 0 Å². The van der Waals surface area contributed by atoms with Crippen LogP contribution in [0.25, 0.3) is 0 Å². The van der Waals surface area contributed by atoms with Gasteiger partial charge in [0.05, 0.1) is 0 Å². The van der Waals surface area contributed by atoms with Crippen LogP contribution in [0.4, 0.5) is 0 Å². The fourth-order valence-electron chi connectivity index (χ4n) is 0. The molecule has 0 fully saturated rings. The molecule has 7 heavy (non-hydrogen) atoms. The Balaban J connectivity index is 0. The van der Waals surface area contributed by atoms with Gasteiger partial charge in [0.15, 0.2) is 0 Å². The Morgan fingerprint density at radius 1 is 0.429 bits per heavy atom. The molecule has 30 valence electrons. The van der Waals surface area contributed by atoms with Gasteiger partial charge in [-0.15, -0.1) is 0 Å². The van der Waals surface area contributed by atoms with E-state index < -0.39 is 0 Å². The average molecular weight is 507 g/mol. The normalized spacial score (nSPS) is 0. The van der Waals surface area contributed by atoms with Gasteiger partial charge < -0.3 is 16.4 Å². The van der Waals surface area contributed by atoms with E-state index in [9.17, 15) is 0 Å². The summed E-state index contributed by atoms with van der Waals surface area (Å²) in [4.78, 5) is 0. The molecule has 0 aliphatic heterocycles. The van der Waals surface area contributed by atoms with Crippen molar-refractivity contribution in [1.82, 2.24) is 0 Å². The van der Waals surface area contributed by atoms with Crippen LogP contribution < -0.4 is 0 Å². The van der Waals surface area contributed by atoms with Crippen molar-refractivity contribution in [3.8, 4) is 0 Å². The first kappa shape index (κ1) is 80.4. The van der Waals surface area contributed by atoms with E-state index in [0.29, 0.717) is 0 Å². The summed E-state index contributed by atoms with van der Waals surface area (Å²) in [5.41, 5.74) is 0. The Kier molecular flexibility index (Phi) is 665. The molecule has 3 nitrogen and oxygen atoms in total. The number of hydrogen-bond acceptors (Lipinski definition) is 0. The number of rotatable bonds is 0. The third-order valence-electron chi connectivity index (χ3n) is 0. The quantitative estimate of drug-likeness (QED) is 0.368. The summed E-state index contributed by atoms with van der Waals surface area (Å²) in [5, 5.41) is 0. The zero-order valence-corrected chi connectivity index (χ0v) is 16.7. The molecule has 0 aliphatic carbocycles. The van der Waals surface area contributed by atoms with E-state index in [1.165, 1.54) is 0 Å². The summed E-state index contributed by atoms with van der Waals surface area (Å²) >= 11 is 0. The van der Waals surface area contributed by atoms with E-state index in [4.69, 9.17) is 0 Å². The summed E-state index contributed by atoms with van der Waals surface area (Å²) in [5.74, 6) is 0. The smallest absolute Gasteiger partial charge is 2.00 e. The monoisotopic (exact) mass is 508 g/mol. The van der Waals surface area contributed by atoms with Crippen molar-refractivity contribution < 1.29 is 16.4 Å². The predicted octanol–water partition coefficient (Wildman–Crippen LogP) is -1.88. The molecule has 0 heterocycles. The largest absolute Gasteiger partial charge is 3.00 e. The molecule has 0 aromatic rings. The van der Waals surface area contributed by atoms with Crippen molar-refractivity contribution in [3.05, 3.63) is 0 Å². The topological polar surface area (TPSA) is 85.5 Å². The van der Waals surface area contributed by atoms with Crippen LogP contribution in [0.2, 0.25) is 0 Å². The standard InChI is InChI=1S/4In.3O/q;;2*+3;3*-2. The molecule has 0 saturated heterocycles. The van der Waals surface area contributed by atoms with Crippen LogP contribution >= 0.6 is 0 Å². The molecule has 0 aliphatic rings. The molecule has 0 aromatic carbocycles. The Morgan fingerprint density at radius 3 is 0.429 bits per heavy atom. The van der Waals surface area contributed by atoms with Gasteiger partial charge in [-0.1, -0.05) is 0 Å². The zero-order valence-electron chi connectivity index (χ0n) is 3.53. The first-order valence-electron chi connectivity index (χ1n) is 0. The molecule has 0 aromatic heterocycles. The van der Waals surface area contributed by atoms with Crippen LogP contribution in [0.1, 0.15) is 0 Å². The molecule has 6 radical (unpaired) electrons. The maximum atomic E-state index is 0. The van der Waals surface area contributed by atoms with E-state index >= 15 is 0 Å². The molecule has 0 spiro atoms. The van der Waals surface area contributed by atoms with Gasteiger partial charge >= 0.3 is 51.7 Å². The van der Waals surface area contributed by atoms with Gasteiger partial charge in [-0.05, 0) is 0 Å². The second-order valence-electron chi connectivity index (χ2n) is 0. The van der Waals surface area contributed by atoms with Gasteiger partial charge in [0.2, 0.25) is 0 Å². The molecule has 0 unspecified atom stereocenters. The minimum atomic E-state index is 0. The van der Waals surface area contributed by atoms with Gasteiger partial charge in [0, 0.05) is 51.7 Å². The fraction of sp³-hybridized carbons (Fsp3) is 0. The van der Waals surface area contributed by atoms with Crippen LogP contribution in [0, 0.1) is 0 Å². The van der Waals surface area contributed by atoms with Crippen molar-refractivity contribution in [2.24, 2.45) is 0 Å². The molecule has 0 saturated carbocycles. The predicted molar refractivity (Wildman–Crippen MR) is 25.1 cm³/mol. The van der Waals surface area contributed by atoms with Crippen LogP contribution in [0.3, 0.4) is 0 Å². The van der Waals surface area contributed by atoms with Crippen LogP contribution in [-0.2, 0) is 16.4 Å². The zero-order chi connectivity index (χ0) is 0. The van der Waals surface area contributed by atoms with Crippen molar-refractivity contribution in [2.45, 2.75) is 0 Å². The van der Waals surface area contributed by atoms with Crippen molar-refractivity contribution in [3.63, 3.8) is 0 Å². The molecule has 0 amide bonds. The summed E-state index contributed by atoms with van der Waals surface area (Å²) in [6.07, 6.45) is 0. The maximum absolute atomic E-state index is 0. The molecular weight excluding hydrogens is 507 g/mol. The molecule has 0 rings (SSSR count). The van der Waals surface area contributed by atoms with Crippen LogP contribution in [0.5, 0.6) is 0 Å². The van der Waals surface area contributed by atoms with Gasteiger partial charge in [0.25, 0.3) is 0 Å². The van der Waals surface area contributed by atoms with E-state index in [-0.39, 0.29) is 120 Å². The number of hydrogen-bond donors (Lipinski definition) is 0. The van der Waals surface area contributed by atoms with E-state index in [1.807, 2.05) is 0 Å². The summed E-state index contributed by atoms with van der Waals surface area (Å²) in [6, 6.07) is 0. The SMILES string of the molecule is [In+3].[In+3].[In].[In].[O-2].[O-2].[O-2]. The van der Waals surface area contributed by atoms with Gasteiger partial charge in [-0.25, -0.2) is 0 Å². The molecule has 0 atom stereocenters. The molecule has 7 heteroatoms. The summed E-state index contributed by atoms with van der Waals surface area (Å²) in [7, 11) is 0. The Labute approximate surface area is 117 Å². The minimum Gasteiger partial charge on any atom is -2.00 e. The Bertz CT molecular complexity index is 6.90. The van der Waals surface area contributed by atoms with Crippen molar-refractivity contribution >= 4 is 103 Å². The van der Waals surface area contributed by atoms with Gasteiger partial charge in [-0.3, -0.25) is 0 Å². The molecule has 0 N–H and O–H groups in total. The minimum absolute atomic E-state index is 0. The van der Waals surface area contributed by atoms with Gasteiger partial charge in [0.1, 0.15) is 0 Å². The third kappa shape index (κ3) is 44.9. The Hall–Kier alpha value is 3.36. The van der Waals surface area contributed by atoms with Crippen molar-refractivity contribution in [1.29, 1.82) is 0 Å². The Morgan fingerprint density at radius 2 is 0.429 bits per heavy atom. The molecule has 0 bridgehead atoms.